The number of hydrogen-bond acceptors (Lipinski definition) is 12. The predicted molar refractivity (Wildman–Crippen MR) is 201 cm³/mol. The number of hydrogen-bond donors (Lipinski definition) is 2. The number of nitrogens with one attached hydrogen (secondary N) is 1. The number of ether oxygens (including phenoxy) is 2. The second-order valence-electron chi connectivity index (χ2n) is 15.4. The molecule has 2 N–H and O–H groups in total. The molecule has 0 aliphatic carbocycles. The van der Waals surface area contributed by atoms with E-state index in [4.69, 9.17) is 20.9 Å². The fourth-order valence-corrected chi connectivity index (χ4v) is 10.6. The molecule has 0 spiro atoms. The highest BCUT2D eigenvalue weighted by Crippen LogP contribution is 2.44. The predicted octanol–water partition coefficient (Wildman–Crippen LogP) is 3.99. The molecular formula is C39H41F2N7O6S. The molecule has 1 amide bonds. The van der Waals surface area contributed by atoms with Gasteiger partial charge in [-0.05, 0) is 68.7 Å². The number of terminal acetylenes is 1. The SMILES string of the molecule is C#Cc1c(F)ccc2cc(O)cc(-c3ncc4c(N5C[C@H]6CC[C@@H](C5)N6)nc(OC[C@]56CCCN5[C@@H](COC(=O)N5CCS(=O)(=O)CC5)CC6)nc4c3F)c12. The zero-order valence-electron chi connectivity index (χ0n) is 30.1. The lowest BCUT2D eigenvalue weighted by atomic mass is 9.95. The van der Waals surface area contributed by atoms with Gasteiger partial charge >= 0.3 is 12.1 Å². The number of piperazine rings is 1. The van der Waals surface area contributed by atoms with Crippen molar-refractivity contribution in [1.82, 2.24) is 30.1 Å². The summed E-state index contributed by atoms with van der Waals surface area (Å²) in [4.78, 5) is 32.8. The summed E-state index contributed by atoms with van der Waals surface area (Å²) >= 11 is 0. The number of rotatable bonds is 7. The molecule has 5 saturated heterocycles. The summed E-state index contributed by atoms with van der Waals surface area (Å²) < 4.78 is 67.8. The van der Waals surface area contributed by atoms with Crippen LogP contribution in [0.4, 0.5) is 19.4 Å². The lowest BCUT2D eigenvalue weighted by molar-refractivity contribution is 0.0449. The molecule has 5 aliphatic heterocycles. The first kappa shape index (κ1) is 35.8. The van der Waals surface area contributed by atoms with Gasteiger partial charge in [-0.1, -0.05) is 12.0 Å². The van der Waals surface area contributed by atoms with Crippen molar-refractivity contribution in [1.29, 1.82) is 0 Å². The summed E-state index contributed by atoms with van der Waals surface area (Å²) in [7, 11) is -3.12. The van der Waals surface area contributed by atoms with Crippen LogP contribution in [0.1, 0.15) is 44.1 Å². The number of sulfone groups is 1. The van der Waals surface area contributed by atoms with Gasteiger partial charge in [0.25, 0.3) is 0 Å². The number of nitrogens with zero attached hydrogens (tertiary/aromatic N) is 6. The zero-order valence-corrected chi connectivity index (χ0v) is 31.0. The van der Waals surface area contributed by atoms with Crippen molar-refractivity contribution in [3.05, 3.63) is 47.7 Å². The molecule has 2 aromatic heterocycles. The molecule has 2 aromatic carbocycles. The number of aromatic nitrogens is 3. The number of benzene rings is 2. The lowest BCUT2D eigenvalue weighted by Gasteiger charge is -2.35. The molecule has 4 atom stereocenters. The summed E-state index contributed by atoms with van der Waals surface area (Å²) in [5.74, 6) is 1.18. The van der Waals surface area contributed by atoms with E-state index >= 15 is 4.39 Å². The molecule has 5 fully saturated rings. The monoisotopic (exact) mass is 773 g/mol. The first-order chi connectivity index (χ1) is 26.5. The summed E-state index contributed by atoms with van der Waals surface area (Å²) in [6, 6.07) is 5.96. The van der Waals surface area contributed by atoms with Gasteiger partial charge in [0.2, 0.25) is 0 Å². The topological polar surface area (TPSA) is 150 Å². The molecule has 288 valence electrons. The van der Waals surface area contributed by atoms with Crippen LogP contribution in [0.5, 0.6) is 11.8 Å². The van der Waals surface area contributed by atoms with Crippen molar-refractivity contribution in [2.45, 2.75) is 62.2 Å². The van der Waals surface area contributed by atoms with Crippen molar-refractivity contribution < 1.29 is 36.6 Å². The van der Waals surface area contributed by atoms with E-state index in [0.29, 0.717) is 29.7 Å². The van der Waals surface area contributed by atoms with Gasteiger partial charge in [-0.3, -0.25) is 9.88 Å². The maximum absolute atomic E-state index is 17.0. The Morgan fingerprint density at radius 2 is 1.85 bits per heavy atom. The van der Waals surface area contributed by atoms with Gasteiger partial charge in [0.05, 0.1) is 28.0 Å². The smallest absolute Gasteiger partial charge is 0.409 e. The molecule has 7 heterocycles. The fraction of sp³-hybridized carbons (Fsp3) is 0.487. The van der Waals surface area contributed by atoms with Gasteiger partial charge in [-0.2, -0.15) is 9.97 Å². The Bertz CT molecular complexity index is 2350. The lowest BCUT2D eigenvalue weighted by Crippen LogP contribution is -2.51. The standard InChI is InChI=1S/C39H41F2N7O6S/c1-2-28-31(40)7-4-23-16-27(49)17-29(32(23)28)34-33(41)35-30(18-42-34)36(47-19-24-5-6-25(20-47)43-24)45-37(44-35)54-22-39-9-3-11-48(39)26(8-10-39)21-53-38(50)46-12-14-55(51,52)15-13-46/h1,4,7,16-18,24-26,43,49H,3,5-6,8-15,19-22H2/t24-,25+,26-,39-/m1/s1. The van der Waals surface area contributed by atoms with E-state index in [1.54, 1.807) is 0 Å². The van der Waals surface area contributed by atoms with Crippen LogP contribution in [-0.4, -0.2) is 125 Å². The average molecular weight is 774 g/mol. The molecule has 9 rings (SSSR count). The first-order valence-electron chi connectivity index (χ1n) is 18.8. The third-order valence-corrected chi connectivity index (χ3v) is 13.7. The number of pyridine rings is 1. The van der Waals surface area contributed by atoms with Crippen molar-refractivity contribution in [2.75, 3.05) is 62.3 Å². The maximum Gasteiger partial charge on any atom is 0.409 e. The van der Waals surface area contributed by atoms with Crippen LogP contribution in [-0.2, 0) is 14.6 Å². The highest BCUT2D eigenvalue weighted by atomic mass is 32.2. The Balaban J connectivity index is 1.03. The van der Waals surface area contributed by atoms with E-state index in [1.807, 2.05) is 0 Å². The molecule has 16 heteroatoms. The summed E-state index contributed by atoms with van der Waals surface area (Å²) in [5, 5.41) is 15.3. The van der Waals surface area contributed by atoms with Crippen LogP contribution in [0.3, 0.4) is 0 Å². The van der Waals surface area contributed by atoms with Gasteiger partial charge < -0.3 is 29.7 Å². The fourth-order valence-electron chi connectivity index (χ4n) is 9.38. The van der Waals surface area contributed by atoms with E-state index in [1.165, 1.54) is 35.4 Å². The first-order valence-corrected chi connectivity index (χ1v) is 20.6. The Kier molecular flexibility index (Phi) is 8.93. The Hall–Kier alpha value is -4.85. The highest BCUT2D eigenvalue weighted by Gasteiger charge is 2.50. The molecule has 5 aliphatic rings. The van der Waals surface area contributed by atoms with Crippen molar-refractivity contribution >= 4 is 43.4 Å². The van der Waals surface area contributed by atoms with Gasteiger partial charge in [-0.25, -0.2) is 22.0 Å². The van der Waals surface area contributed by atoms with Crippen LogP contribution in [0.15, 0.2) is 30.5 Å². The summed E-state index contributed by atoms with van der Waals surface area (Å²) in [6.07, 6.45) is 12.1. The number of halogens is 2. The van der Waals surface area contributed by atoms with Crippen LogP contribution in [0.2, 0.25) is 0 Å². The van der Waals surface area contributed by atoms with Gasteiger partial charge in [-0.15, -0.1) is 6.42 Å². The third-order valence-electron chi connectivity index (χ3n) is 12.1. The minimum atomic E-state index is -3.12. The molecular weight excluding hydrogens is 733 g/mol. The average Bonchev–Trinajstić information content (AvgIpc) is 3.85. The number of aromatic hydroxyl groups is 1. The number of carbonyl (C=O) groups excluding carboxylic acids is 1. The summed E-state index contributed by atoms with van der Waals surface area (Å²) in [6.45, 7) is 2.80. The van der Waals surface area contributed by atoms with E-state index in [9.17, 15) is 22.7 Å². The normalized spacial score (nSPS) is 26.0. The summed E-state index contributed by atoms with van der Waals surface area (Å²) in [5.41, 5.74) is -0.460. The number of carbonyl (C=O) groups is 1. The Labute approximate surface area is 316 Å². The van der Waals surface area contributed by atoms with Gasteiger partial charge in [0, 0.05) is 61.5 Å². The minimum Gasteiger partial charge on any atom is -0.508 e. The second kappa shape index (κ2) is 13.7. The zero-order chi connectivity index (χ0) is 38.1. The van der Waals surface area contributed by atoms with E-state index in [-0.39, 0.29) is 101 Å². The molecule has 0 radical (unpaired) electrons. The van der Waals surface area contributed by atoms with E-state index in [0.717, 1.165) is 45.1 Å². The van der Waals surface area contributed by atoms with Gasteiger partial charge in [0.1, 0.15) is 41.8 Å². The molecule has 13 nitrogen and oxygen atoms in total. The molecule has 2 bridgehead atoms. The number of amides is 1. The van der Waals surface area contributed by atoms with Crippen LogP contribution < -0.4 is 15.0 Å². The number of phenols is 1. The minimum absolute atomic E-state index is 0.0108. The second-order valence-corrected chi connectivity index (χ2v) is 17.7. The maximum atomic E-state index is 17.0. The van der Waals surface area contributed by atoms with Crippen LogP contribution in [0, 0.1) is 24.0 Å². The number of anilines is 1. The molecule has 0 unspecified atom stereocenters. The third kappa shape index (κ3) is 6.45. The van der Waals surface area contributed by atoms with Crippen molar-refractivity contribution in [3.63, 3.8) is 0 Å². The van der Waals surface area contributed by atoms with Crippen LogP contribution >= 0.6 is 0 Å². The quantitative estimate of drug-likeness (QED) is 0.262. The number of phenolic OH excluding ortho intramolecular Hbond substituents is 1. The molecule has 55 heavy (non-hydrogen) atoms. The molecule has 0 saturated carbocycles. The largest absolute Gasteiger partial charge is 0.508 e. The van der Waals surface area contributed by atoms with Crippen LogP contribution in [0.25, 0.3) is 32.9 Å². The van der Waals surface area contributed by atoms with Gasteiger partial charge in [0.15, 0.2) is 15.7 Å². The van der Waals surface area contributed by atoms with E-state index < -0.39 is 27.6 Å². The van der Waals surface area contributed by atoms with E-state index in [2.05, 4.69) is 31.0 Å². The molecule has 4 aromatic rings. The highest BCUT2D eigenvalue weighted by molar-refractivity contribution is 7.91. The van der Waals surface area contributed by atoms with Crippen molar-refractivity contribution in [3.8, 4) is 35.4 Å². The Morgan fingerprint density at radius 1 is 1.07 bits per heavy atom. The Morgan fingerprint density at radius 3 is 2.62 bits per heavy atom. The number of fused-ring (bicyclic) bond motifs is 5. The van der Waals surface area contributed by atoms with Crippen molar-refractivity contribution in [2.24, 2.45) is 0 Å².